The molecule has 84 valence electrons. The highest BCUT2D eigenvalue weighted by Crippen LogP contribution is 2.37. The van der Waals surface area contributed by atoms with Crippen molar-refractivity contribution in [2.75, 3.05) is 0 Å². The molecule has 0 aliphatic heterocycles. The Balaban J connectivity index is 0.00000112. The predicted octanol–water partition coefficient (Wildman–Crippen LogP) is 2.75. The zero-order valence-electron chi connectivity index (χ0n) is 8.32. The van der Waals surface area contributed by atoms with Gasteiger partial charge in [-0.1, -0.05) is 18.9 Å². The van der Waals surface area contributed by atoms with Gasteiger partial charge in [0.15, 0.2) is 11.6 Å². The molecule has 0 radical (unpaired) electrons. The molecule has 0 bridgehead atoms. The molecular weight excluding hydrogens is 217 g/mol. The molecule has 0 unspecified atom stereocenters. The lowest BCUT2D eigenvalue weighted by atomic mass is 10.0. The fraction of sp³-hybridized carbons (Fsp3) is 0.455. The molecule has 4 heteroatoms. The van der Waals surface area contributed by atoms with Crippen LogP contribution in [0.4, 0.5) is 4.39 Å². The monoisotopic (exact) mass is 231 g/mol. The lowest BCUT2D eigenvalue weighted by Crippen LogP contribution is -2.11. The van der Waals surface area contributed by atoms with Crippen molar-refractivity contribution in [3.05, 3.63) is 29.6 Å². The second kappa shape index (κ2) is 4.81. The first-order chi connectivity index (χ1) is 6.66. The number of aromatic hydroxyl groups is 1. The van der Waals surface area contributed by atoms with Crippen LogP contribution in [0.5, 0.6) is 5.75 Å². The predicted molar refractivity (Wildman–Crippen MR) is 59.6 cm³/mol. The molecule has 1 aliphatic carbocycles. The van der Waals surface area contributed by atoms with E-state index in [4.69, 9.17) is 10.8 Å². The summed E-state index contributed by atoms with van der Waals surface area (Å²) in [6.07, 6.45) is 3.41. The van der Waals surface area contributed by atoms with Gasteiger partial charge >= 0.3 is 0 Å². The summed E-state index contributed by atoms with van der Waals surface area (Å²) in [5.41, 5.74) is 6.68. The van der Waals surface area contributed by atoms with E-state index in [0.717, 1.165) is 17.9 Å². The van der Waals surface area contributed by atoms with Crippen LogP contribution in [0.15, 0.2) is 18.2 Å². The molecule has 0 spiro atoms. The summed E-state index contributed by atoms with van der Waals surface area (Å²) in [4.78, 5) is 0. The Morgan fingerprint density at radius 1 is 1.47 bits per heavy atom. The second-order valence-corrected chi connectivity index (χ2v) is 4.00. The fourth-order valence-electron chi connectivity index (χ4n) is 1.60. The van der Waals surface area contributed by atoms with Gasteiger partial charge in [-0.15, -0.1) is 12.4 Å². The number of rotatable bonds is 3. The van der Waals surface area contributed by atoms with E-state index in [9.17, 15) is 4.39 Å². The van der Waals surface area contributed by atoms with E-state index in [2.05, 4.69) is 0 Å². The second-order valence-electron chi connectivity index (χ2n) is 4.00. The van der Waals surface area contributed by atoms with Crippen molar-refractivity contribution >= 4 is 12.4 Å². The third-order valence-corrected chi connectivity index (χ3v) is 2.68. The van der Waals surface area contributed by atoms with Crippen LogP contribution in [0.2, 0.25) is 0 Å². The summed E-state index contributed by atoms with van der Waals surface area (Å²) < 4.78 is 13.0. The lowest BCUT2D eigenvalue weighted by molar-refractivity contribution is 0.430. The highest BCUT2D eigenvalue weighted by atomic mass is 35.5. The van der Waals surface area contributed by atoms with Crippen LogP contribution in [-0.4, -0.2) is 5.11 Å². The molecule has 0 aromatic heterocycles. The van der Waals surface area contributed by atoms with Crippen LogP contribution in [0, 0.1) is 11.7 Å². The Bertz CT molecular complexity index is 341. The van der Waals surface area contributed by atoms with Crippen molar-refractivity contribution in [1.82, 2.24) is 0 Å². The molecule has 0 amide bonds. The molecule has 1 aromatic carbocycles. The van der Waals surface area contributed by atoms with Crippen LogP contribution in [0.3, 0.4) is 0 Å². The van der Waals surface area contributed by atoms with Gasteiger partial charge < -0.3 is 10.8 Å². The highest BCUT2D eigenvalue weighted by Gasteiger charge is 2.24. The van der Waals surface area contributed by atoms with Gasteiger partial charge in [0.1, 0.15) is 0 Å². The lowest BCUT2D eigenvalue weighted by Gasteiger charge is -2.11. The Morgan fingerprint density at radius 2 is 2.13 bits per heavy atom. The number of hydrogen-bond donors (Lipinski definition) is 2. The van der Waals surface area contributed by atoms with Crippen molar-refractivity contribution in [2.24, 2.45) is 11.7 Å². The molecule has 1 saturated carbocycles. The van der Waals surface area contributed by atoms with Crippen LogP contribution < -0.4 is 5.73 Å². The molecule has 15 heavy (non-hydrogen) atoms. The first kappa shape index (κ1) is 12.3. The van der Waals surface area contributed by atoms with Crippen LogP contribution in [0.1, 0.15) is 30.9 Å². The Kier molecular flexibility index (Phi) is 3.94. The molecular formula is C11H15ClFNO. The van der Waals surface area contributed by atoms with Crippen LogP contribution >= 0.6 is 12.4 Å². The third kappa shape index (κ3) is 3.08. The average Bonchev–Trinajstić information content (AvgIpc) is 2.93. The summed E-state index contributed by atoms with van der Waals surface area (Å²) in [6.45, 7) is 0. The van der Waals surface area contributed by atoms with E-state index in [0.29, 0.717) is 0 Å². The molecule has 0 heterocycles. The summed E-state index contributed by atoms with van der Waals surface area (Å²) >= 11 is 0. The maximum absolute atomic E-state index is 13.0. The Hall–Kier alpha value is -0.800. The van der Waals surface area contributed by atoms with E-state index in [1.807, 2.05) is 0 Å². The molecule has 1 aromatic rings. The largest absolute Gasteiger partial charge is 0.505 e. The van der Waals surface area contributed by atoms with Gasteiger partial charge in [0.2, 0.25) is 0 Å². The summed E-state index contributed by atoms with van der Waals surface area (Å²) in [5, 5.41) is 9.00. The standard InChI is InChI=1S/C11H14FNO.ClH/c12-9-6-8(3-4-11(9)14)10(13)5-7-1-2-7;/h3-4,6-7,10,14H,1-2,5,13H2;1H/t10-;/m0./s1. The molecule has 1 fully saturated rings. The quantitative estimate of drug-likeness (QED) is 0.840. The number of nitrogens with two attached hydrogens (primary N) is 1. The van der Waals surface area contributed by atoms with Gasteiger partial charge in [-0.25, -0.2) is 4.39 Å². The number of phenolic OH excluding ortho intramolecular Hbond substituents is 1. The summed E-state index contributed by atoms with van der Waals surface area (Å²) in [6, 6.07) is 4.27. The van der Waals surface area contributed by atoms with Crippen LogP contribution in [0.25, 0.3) is 0 Å². The van der Waals surface area contributed by atoms with Gasteiger partial charge in [-0.3, -0.25) is 0 Å². The zero-order chi connectivity index (χ0) is 10.1. The first-order valence-corrected chi connectivity index (χ1v) is 4.91. The number of phenols is 1. The zero-order valence-corrected chi connectivity index (χ0v) is 9.14. The van der Waals surface area contributed by atoms with Gasteiger partial charge in [0, 0.05) is 6.04 Å². The van der Waals surface area contributed by atoms with Gasteiger partial charge in [-0.2, -0.15) is 0 Å². The molecule has 1 atom stereocenters. The molecule has 2 nitrogen and oxygen atoms in total. The smallest absolute Gasteiger partial charge is 0.165 e. The van der Waals surface area contributed by atoms with E-state index < -0.39 is 5.82 Å². The number of halogens is 2. The minimum absolute atomic E-state index is 0. The van der Waals surface area contributed by atoms with E-state index in [1.165, 1.54) is 25.0 Å². The van der Waals surface area contributed by atoms with Gasteiger partial charge in [-0.05, 0) is 30.0 Å². The minimum atomic E-state index is -0.589. The molecule has 3 N–H and O–H groups in total. The molecule has 1 aliphatic rings. The topological polar surface area (TPSA) is 46.2 Å². The van der Waals surface area contributed by atoms with Crippen LogP contribution in [-0.2, 0) is 0 Å². The summed E-state index contributed by atoms with van der Waals surface area (Å²) in [7, 11) is 0. The molecule has 0 saturated heterocycles. The van der Waals surface area contributed by atoms with Gasteiger partial charge in [0.05, 0.1) is 0 Å². The van der Waals surface area contributed by atoms with Crippen molar-refractivity contribution in [1.29, 1.82) is 0 Å². The average molecular weight is 232 g/mol. The van der Waals surface area contributed by atoms with E-state index in [-0.39, 0.29) is 24.2 Å². The minimum Gasteiger partial charge on any atom is -0.505 e. The van der Waals surface area contributed by atoms with Gasteiger partial charge in [0.25, 0.3) is 0 Å². The van der Waals surface area contributed by atoms with Crippen molar-refractivity contribution in [3.63, 3.8) is 0 Å². The summed E-state index contributed by atoms with van der Waals surface area (Å²) in [5.74, 6) is -0.178. The third-order valence-electron chi connectivity index (χ3n) is 2.68. The SMILES string of the molecule is Cl.N[C@@H](CC1CC1)c1ccc(O)c(F)c1. The normalized spacial score (nSPS) is 16.9. The highest BCUT2D eigenvalue weighted by molar-refractivity contribution is 5.85. The maximum Gasteiger partial charge on any atom is 0.165 e. The van der Waals surface area contributed by atoms with E-state index in [1.54, 1.807) is 6.07 Å². The number of benzene rings is 1. The maximum atomic E-state index is 13.0. The molecule has 2 rings (SSSR count). The van der Waals surface area contributed by atoms with Crippen molar-refractivity contribution < 1.29 is 9.50 Å². The Morgan fingerprint density at radius 3 is 2.67 bits per heavy atom. The van der Waals surface area contributed by atoms with Crippen molar-refractivity contribution in [3.8, 4) is 5.75 Å². The first-order valence-electron chi connectivity index (χ1n) is 4.91. The Labute approximate surface area is 94.7 Å². The fourth-order valence-corrected chi connectivity index (χ4v) is 1.60. The number of hydrogen-bond acceptors (Lipinski definition) is 2. The van der Waals surface area contributed by atoms with Crippen molar-refractivity contribution in [2.45, 2.75) is 25.3 Å². The van der Waals surface area contributed by atoms with E-state index >= 15 is 0 Å².